The number of fused-ring (bicyclic) bond motifs is 1. The monoisotopic (exact) mass is 320 g/mol. The number of hydrogen-bond donors (Lipinski definition) is 2. The van der Waals surface area contributed by atoms with E-state index in [4.69, 9.17) is 0 Å². The van der Waals surface area contributed by atoms with Crippen LogP contribution in [0.15, 0.2) is 40.9 Å². The van der Waals surface area contributed by atoms with Crippen molar-refractivity contribution in [3.63, 3.8) is 0 Å². The summed E-state index contributed by atoms with van der Waals surface area (Å²) in [6, 6.07) is 12.0. The Hall–Kier alpha value is -1.39. The second kappa shape index (κ2) is 6.17. The van der Waals surface area contributed by atoms with Crippen LogP contribution < -0.4 is 10.6 Å². The van der Waals surface area contributed by atoms with Gasteiger partial charge in [-0.2, -0.15) is 0 Å². The number of hydrogen-bond acceptors (Lipinski definition) is 2. The molecule has 100 valence electrons. The van der Waals surface area contributed by atoms with E-state index in [9.17, 15) is 4.79 Å². The lowest BCUT2D eigenvalue weighted by atomic mass is 10.1. The fraction of sp³-hybridized carbons (Fsp3) is 0.267. The summed E-state index contributed by atoms with van der Waals surface area (Å²) in [7, 11) is 1.84. The molecule has 1 unspecified atom stereocenters. The third-order valence-corrected chi connectivity index (χ3v) is 3.52. The van der Waals surface area contributed by atoms with Crippen LogP contribution in [0.25, 0.3) is 10.8 Å². The van der Waals surface area contributed by atoms with Gasteiger partial charge in [-0.3, -0.25) is 4.79 Å². The quantitative estimate of drug-likeness (QED) is 0.906. The van der Waals surface area contributed by atoms with Gasteiger partial charge in [-0.05, 0) is 42.1 Å². The fourth-order valence-electron chi connectivity index (χ4n) is 1.96. The molecule has 2 aromatic rings. The maximum absolute atomic E-state index is 11.9. The van der Waals surface area contributed by atoms with E-state index in [0.29, 0.717) is 6.54 Å². The Morgan fingerprint density at radius 1 is 1.21 bits per heavy atom. The fourth-order valence-corrected chi connectivity index (χ4v) is 2.34. The Morgan fingerprint density at radius 2 is 1.89 bits per heavy atom. The van der Waals surface area contributed by atoms with Crippen molar-refractivity contribution < 1.29 is 4.79 Å². The van der Waals surface area contributed by atoms with Crippen LogP contribution in [0.1, 0.15) is 6.92 Å². The molecule has 19 heavy (non-hydrogen) atoms. The molecule has 0 saturated heterocycles. The first-order chi connectivity index (χ1) is 9.10. The third-order valence-electron chi connectivity index (χ3n) is 3.03. The van der Waals surface area contributed by atoms with Gasteiger partial charge in [0.2, 0.25) is 5.91 Å². The van der Waals surface area contributed by atoms with Crippen molar-refractivity contribution >= 4 is 38.3 Å². The molecule has 0 heterocycles. The van der Waals surface area contributed by atoms with Crippen LogP contribution in [-0.2, 0) is 4.79 Å². The van der Waals surface area contributed by atoms with Gasteiger partial charge in [-0.25, -0.2) is 0 Å². The van der Waals surface area contributed by atoms with Gasteiger partial charge < -0.3 is 10.6 Å². The average Bonchev–Trinajstić information content (AvgIpc) is 2.39. The van der Waals surface area contributed by atoms with Gasteiger partial charge in [0.05, 0.1) is 0 Å². The second-order valence-corrected chi connectivity index (χ2v) is 5.57. The molecular formula is C15H17BrN2O. The van der Waals surface area contributed by atoms with Crippen LogP contribution in [-0.4, -0.2) is 19.5 Å². The molecule has 2 aromatic carbocycles. The predicted octanol–water partition coefficient (Wildman–Crippen LogP) is 3.40. The average molecular weight is 321 g/mol. The van der Waals surface area contributed by atoms with Gasteiger partial charge in [0.25, 0.3) is 0 Å². The van der Waals surface area contributed by atoms with E-state index in [1.54, 1.807) is 0 Å². The number of carbonyl (C=O) groups is 1. The first-order valence-electron chi connectivity index (χ1n) is 6.25. The van der Waals surface area contributed by atoms with E-state index >= 15 is 0 Å². The molecule has 0 aliphatic carbocycles. The number of nitrogens with one attached hydrogen (secondary N) is 2. The highest BCUT2D eigenvalue weighted by Gasteiger charge is 2.11. The molecule has 3 nitrogen and oxygen atoms in total. The summed E-state index contributed by atoms with van der Waals surface area (Å²) < 4.78 is 1.06. The molecular weight excluding hydrogens is 304 g/mol. The smallest absolute Gasteiger partial charge is 0.228 e. The largest absolute Gasteiger partial charge is 0.326 e. The number of carbonyl (C=O) groups excluding carboxylic acids is 1. The summed E-state index contributed by atoms with van der Waals surface area (Å²) in [6.07, 6.45) is 0. The van der Waals surface area contributed by atoms with Crippen LogP contribution >= 0.6 is 15.9 Å². The van der Waals surface area contributed by atoms with Gasteiger partial charge in [0, 0.05) is 22.6 Å². The predicted molar refractivity (Wildman–Crippen MR) is 83.4 cm³/mol. The topological polar surface area (TPSA) is 41.1 Å². The molecule has 0 bridgehead atoms. The molecule has 1 atom stereocenters. The lowest BCUT2D eigenvalue weighted by Gasteiger charge is -2.12. The van der Waals surface area contributed by atoms with E-state index < -0.39 is 0 Å². The first kappa shape index (κ1) is 14.0. The van der Waals surface area contributed by atoms with E-state index in [0.717, 1.165) is 20.9 Å². The highest BCUT2D eigenvalue weighted by Crippen LogP contribution is 2.23. The second-order valence-electron chi connectivity index (χ2n) is 4.65. The van der Waals surface area contributed by atoms with Crippen LogP contribution in [0.5, 0.6) is 0 Å². The van der Waals surface area contributed by atoms with E-state index in [2.05, 4.69) is 32.6 Å². The van der Waals surface area contributed by atoms with Crippen molar-refractivity contribution in [3.8, 4) is 0 Å². The molecule has 2 rings (SSSR count). The standard InChI is InChI=1S/C15H17BrN2O/c1-10(9-17-2)15(19)18-14-6-4-11-7-13(16)5-3-12(11)8-14/h3-8,10,17H,9H2,1-2H3,(H,18,19). The number of rotatable bonds is 4. The third kappa shape index (κ3) is 3.55. The number of halogens is 1. The molecule has 4 heteroatoms. The Bertz CT molecular complexity index is 598. The SMILES string of the molecule is CNCC(C)C(=O)Nc1ccc2cc(Br)ccc2c1. The van der Waals surface area contributed by atoms with Crippen LogP contribution in [0, 0.1) is 5.92 Å². The summed E-state index contributed by atoms with van der Waals surface area (Å²) in [6.45, 7) is 2.58. The molecule has 0 spiro atoms. The minimum atomic E-state index is -0.0504. The van der Waals surface area contributed by atoms with Gasteiger partial charge in [0.1, 0.15) is 0 Å². The summed E-state index contributed by atoms with van der Waals surface area (Å²) in [4.78, 5) is 11.9. The summed E-state index contributed by atoms with van der Waals surface area (Å²) in [5.41, 5.74) is 0.836. The first-order valence-corrected chi connectivity index (χ1v) is 7.04. The minimum absolute atomic E-state index is 0.0332. The van der Waals surface area contributed by atoms with Crippen molar-refractivity contribution in [1.29, 1.82) is 0 Å². The molecule has 0 aromatic heterocycles. The molecule has 1 amide bonds. The maximum Gasteiger partial charge on any atom is 0.228 e. The van der Waals surface area contributed by atoms with Crippen LogP contribution in [0.4, 0.5) is 5.69 Å². The van der Waals surface area contributed by atoms with E-state index in [-0.39, 0.29) is 11.8 Å². The summed E-state index contributed by atoms with van der Waals surface area (Å²) >= 11 is 3.45. The molecule has 2 N–H and O–H groups in total. The molecule has 0 saturated carbocycles. The Morgan fingerprint density at radius 3 is 2.63 bits per heavy atom. The lowest BCUT2D eigenvalue weighted by molar-refractivity contribution is -0.119. The van der Waals surface area contributed by atoms with Gasteiger partial charge in [-0.1, -0.05) is 35.0 Å². The number of benzene rings is 2. The van der Waals surface area contributed by atoms with Gasteiger partial charge in [0.15, 0.2) is 0 Å². The Kier molecular flexibility index (Phi) is 4.56. The zero-order valence-corrected chi connectivity index (χ0v) is 12.6. The lowest BCUT2D eigenvalue weighted by Crippen LogP contribution is -2.28. The van der Waals surface area contributed by atoms with Gasteiger partial charge >= 0.3 is 0 Å². The summed E-state index contributed by atoms with van der Waals surface area (Å²) in [5.74, 6) is -0.0172. The Balaban J connectivity index is 2.17. The van der Waals surface area contributed by atoms with Crippen LogP contribution in [0.3, 0.4) is 0 Å². The summed E-state index contributed by atoms with van der Waals surface area (Å²) in [5, 5.41) is 8.21. The molecule has 0 radical (unpaired) electrons. The normalized spacial score (nSPS) is 12.4. The highest BCUT2D eigenvalue weighted by molar-refractivity contribution is 9.10. The van der Waals surface area contributed by atoms with E-state index in [1.165, 1.54) is 0 Å². The van der Waals surface area contributed by atoms with Crippen molar-refractivity contribution in [3.05, 3.63) is 40.9 Å². The van der Waals surface area contributed by atoms with Gasteiger partial charge in [-0.15, -0.1) is 0 Å². The zero-order chi connectivity index (χ0) is 13.8. The zero-order valence-electron chi connectivity index (χ0n) is 11.0. The van der Waals surface area contributed by atoms with Crippen molar-refractivity contribution in [2.24, 2.45) is 5.92 Å². The molecule has 0 aliphatic heterocycles. The maximum atomic E-state index is 11.9. The van der Waals surface area contributed by atoms with Crippen molar-refractivity contribution in [1.82, 2.24) is 5.32 Å². The van der Waals surface area contributed by atoms with Crippen LogP contribution in [0.2, 0.25) is 0 Å². The number of anilines is 1. The minimum Gasteiger partial charge on any atom is -0.326 e. The number of amides is 1. The molecule has 0 fully saturated rings. The highest BCUT2D eigenvalue weighted by atomic mass is 79.9. The van der Waals surface area contributed by atoms with Crippen molar-refractivity contribution in [2.45, 2.75) is 6.92 Å². The Labute approximate surface area is 121 Å². The van der Waals surface area contributed by atoms with Crippen molar-refractivity contribution in [2.75, 3.05) is 18.9 Å². The molecule has 0 aliphatic rings. The van der Waals surface area contributed by atoms with E-state index in [1.807, 2.05) is 44.3 Å².